The fourth-order valence-electron chi connectivity index (χ4n) is 2.21. The number of aryl methyl sites for hydroxylation is 1. The zero-order valence-electron chi connectivity index (χ0n) is 14.7. The SMILES string of the molecule is CNC(=O)C(C)Oc1cc(Oc2nn(C)c(C(F)(F)F)c2Cl)ccc1[N+](=O)[O-]. The van der Waals surface area contributed by atoms with Crippen LogP contribution in [0.2, 0.25) is 5.02 Å². The van der Waals surface area contributed by atoms with Crippen LogP contribution in [0.4, 0.5) is 18.9 Å². The number of nitro benzene ring substituents is 1. The summed E-state index contributed by atoms with van der Waals surface area (Å²) >= 11 is 5.71. The van der Waals surface area contributed by atoms with Crippen molar-refractivity contribution in [2.75, 3.05) is 7.05 Å². The molecule has 1 aromatic carbocycles. The molecule has 13 heteroatoms. The molecule has 1 aromatic heterocycles. The number of alkyl halides is 3. The van der Waals surface area contributed by atoms with Crippen molar-refractivity contribution < 1.29 is 32.4 Å². The molecule has 1 unspecified atom stereocenters. The second-order valence-corrected chi connectivity index (χ2v) is 5.83. The van der Waals surface area contributed by atoms with Gasteiger partial charge in [-0.05, 0) is 13.0 Å². The molecule has 0 aliphatic rings. The summed E-state index contributed by atoms with van der Waals surface area (Å²) in [5.41, 5.74) is -1.68. The lowest BCUT2D eigenvalue weighted by atomic mass is 10.2. The lowest BCUT2D eigenvalue weighted by Gasteiger charge is -2.14. The highest BCUT2D eigenvalue weighted by molar-refractivity contribution is 6.32. The lowest BCUT2D eigenvalue weighted by molar-refractivity contribution is -0.386. The van der Waals surface area contributed by atoms with E-state index in [0.717, 1.165) is 25.2 Å². The molecule has 9 nitrogen and oxygen atoms in total. The number of ether oxygens (including phenoxy) is 2. The minimum absolute atomic E-state index is 0.126. The van der Waals surface area contributed by atoms with Crippen molar-refractivity contribution in [1.29, 1.82) is 0 Å². The molecule has 0 bridgehead atoms. The monoisotopic (exact) mass is 422 g/mol. The van der Waals surface area contributed by atoms with Crippen LogP contribution >= 0.6 is 11.6 Å². The third-order valence-corrected chi connectivity index (χ3v) is 3.83. The van der Waals surface area contributed by atoms with Crippen molar-refractivity contribution >= 4 is 23.2 Å². The van der Waals surface area contributed by atoms with Gasteiger partial charge in [0, 0.05) is 26.2 Å². The number of carbonyl (C=O) groups is 1. The maximum Gasteiger partial charge on any atom is 0.434 e. The summed E-state index contributed by atoms with van der Waals surface area (Å²) in [6, 6.07) is 3.20. The van der Waals surface area contributed by atoms with Crippen LogP contribution < -0.4 is 14.8 Å². The first-order chi connectivity index (χ1) is 13.0. The average molecular weight is 423 g/mol. The number of carbonyl (C=O) groups excluding carboxylic acids is 1. The molecule has 0 aliphatic carbocycles. The topological polar surface area (TPSA) is 109 Å². The van der Waals surface area contributed by atoms with E-state index in [1.165, 1.54) is 14.0 Å². The van der Waals surface area contributed by atoms with Crippen LogP contribution in [0.3, 0.4) is 0 Å². The van der Waals surface area contributed by atoms with E-state index in [0.29, 0.717) is 4.68 Å². The molecular weight excluding hydrogens is 409 g/mol. The molecule has 2 rings (SSSR count). The molecule has 1 atom stereocenters. The molecule has 1 amide bonds. The van der Waals surface area contributed by atoms with Crippen molar-refractivity contribution in [1.82, 2.24) is 15.1 Å². The summed E-state index contributed by atoms with van der Waals surface area (Å²) in [4.78, 5) is 22.0. The molecule has 2 aromatic rings. The van der Waals surface area contributed by atoms with E-state index in [4.69, 9.17) is 21.1 Å². The van der Waals surface area contributed by atoms with Gasteiger partial charge in [0.05, 0.1) is 4.92 Å². The third-order valence-electron chi connectivity index (χ3n) is 3.49. The first kappa shape index (κ1) is 21.3. The number of aromatic nitrogens is 2. The van der Waals surface area contributed by atoms with Gasteiger partial charge in [-0.25, -0.2) is 0 Å². The maximum absolute atomic E-state index is 13.0. The van der Waals surface area contributed by atoms with Crippen LogP contribution in [0.15, 0.2) is 18.2 Å². The fraction of sp³-hybridized carbons (Fsp3) is 0.333. The number of hydrogen-bond acceptors (Lipinski definition) is 6. The van der Waals surface area contributed by atoms with Gasteiger partial charge in [-0.1, -0.05) is 11.6 Å². The summed E-state index contributed by atoms with van der Waals surface area (Å²) in [6.45, 7) is 1.36. The lowest BCUT2D eigenvalue weighted by Crippen LogP contribution is -2.33. The number of nitrogens with zero attached hydrogens (tertiary/aromatic N) is 3. The Kier molecular flexibility index (Phi) is 6.02. The molecule has 0 radical (unpaired) electrons. The van der Waals surface area contributed by atoms with Gasteiger partial charge < -0.3 is 14.8 Å². The highest BCUT2D eigenvalue weighted by Crippen LogP contribution is 2.41. The molecule has 1 heterocycles. The first-order valence-corrected chi connectivity index (χ1v) is 7.97. The molecule has 0 fully saturated rings. The molecule has 0 aliphatic heterocycles. The number of hydrogen-bond donors (Lipinski definition) is 1. The minimum Gasteiger partial charge on any atom is -0.474 e. The van der Waals surface area contributed by atoms with E-state index in [-0.39, 0.29) is 11.5 Å². The number of benzene rings is 1. The van der Waals surface area contributed by atoms with Gasteiger partial charge in [0.1, 0.15) is 10.8 Å². The second kappa shape index (κ2) is 7.92. The Morgan fingerprint density at radius 1 is 1.43 bits per heavy atom. The Hall–Kier alpha value is -3.02. The summed E-state index contributed by atoms with van der Waals surface area (Å²) in [6.07, 6.45) is -5.83. The van der Waals surface area contributed by atoms with Gasteiger partial charge in [0.2, 0.25) is 5.75 Å². The normalized spacial score (nSPS) is 12.4. The summed E-state index contributed by atoms with van der Waals surface area (Å²) in [5, 5.41) is 16.3. The predicted molar refractivity (Wildman–Crippen MR) is 90.5 cm³/mol. The minimum atomic E-state index is -4.76. The molecule has 152 valence electrons. The van der Waals surface area contributed by atoms with Gasteiger partial charge in [-0.2, -0.15) is 13.2 Å². The molecule has 0 spiro atoms. The number of nitrogens with one attached hydrogen (secondary N) is 1. The number of rotatable bonds is 6. The Balaban J connectivity index is 2.39. The van der Waals surface area contributed by atoms with Crippen molar-refractivity contribution in [3.05, 3.63) is 39.0 Å². The standard InChI is InChI=1S/C15H14ClF3N4O5/c1-7(13(24)20-2)27-10-6-8(4-5-9(10)23(25)26)28-14-11(16)12(15(17,18)19)22(3)21-14/h4-7H,1-3H3,(H,20,24). The third kappa shape index (κ3) is 4.44. The van der Waals surface area contributed by atoms with E-state index in [2.05, 4.69) is 10.4 Å². The molecule has 28 heavy (non-hydrogen) atoms. The van der Waals surface area contributed by atoms with Crippen molar-refractivity contribution in [3.63, 3.8) is 0 Å². The highest BCUT2D eigenvalue weighted by atomic mass is 35.5. The largest absolute Gasteiger partial charge is 0.474 e. The van der Waals surface area contributed by atoms with Gasteiger partial charge >= 0.3 is 11.9 Å². The van der Waals surface area contributed by atoms with Crippen LogP contribution in [-0.2, 0) is 18.0 Å². The Bertz CT molecular complexity index is 916. The van der Waals surface area contributed by atoms with Gasteiger partial charge in [0.25, 0.3) is 11.8 Å². The number of amides is 1. The van der Waals surface area contributed by atoms with E-state index in [9.17, 15) is 28.1 Å². The van der Waals surface area contributed by atoms with E-state index in [1.54, 1.807) is 0 Å². The Labute approximate surface area is 161 Å². The van der Waals surface area contributed by atoms with Crippen LogP contribution in [-0.4, -0.2) is 33.8 Å². The number of nitro groups is 1. The van der Waals surface area contributed by atoms with Gasteiger partial charge in [0.15, 0.2) is 11.8 Å². The zero-order chi connectivity index (χ0) is 21.2. The summed E-state index contributed by atoms with van der Waals surface area (Å²) in [7, 11) is 2.40. The van der Waals surface area contributed by atoms with Crippen molar-refractivity contribution in [3.8, 4) is 17.4 Å². The zero-order valence-corrected chi connectivity index (χ0v) is 15.5. The van der Waals surface area contributed by atoms with E-state index in [1.807, 2.05) is 0 Å². The molecule has 0 saturated carbocycles. The number of likely N-dealkylation sites (N-methyl/N-ethyl adjacent to an activating group) is 1. The maximum atomic E-state index is 13.0. The van der Waals surface area contributed by atoms with Crippen molar-refractivity contribution in [2.24, 2.45) is 7.05 Å². The quantitative estimate of drug-likeness (QED) is 0.565. The van der Waals surface area contributed by atoms with Crippen LogP contribution in [0, 0.1) is 10.1 Å². The summed E-state index contributed by atoms with van der Waals surface area (Å²) < 4.78 is 50.0. The predicted octanol–water partition coefficient (Wildman–Crippen LogP) is 3.31. The van der Waals surface area contributed by atoms with E-state index >= 15 is 0 Å². The van der Waals surface area contributed by atoms with Gasteiger partial charge in [-0.15, -0.1) is 5.10 Å². The van der Waals surface area contributed by atoms with Gasteiger partial charge in [-0.3, -0.25) is 19.6 Å². The fourth-order valence-corrected chi connectivity index (χ4v) is 2.51. The second-order valence-electron chi connectivity index (χ2n) is 5.45. The molecular formula is C15H14ClF3N4O5. The van der Waals surface area contributed by atoms with Crippen molar-refractivity contribution in [2.45, 2.75) is 19.2 Å². The van der Waals surface area contributed by atoms with Crippen LogP contribution in [0.1, 0.15) is 12.6 Å². The van der Waals surface area contributed by atoms with Crippen LogP contribution in [0.25, 0.3) is 0 Å². The summed E-state index contributed by atoms with van der Waals surface area (Å²) in [5.74, 6) is -1.53. The van der Waals surface area contributed by atoms with Crippen LogP contribution in [0.5, 0.6) is 17.4 Å². The average Bonchev–Trinajstić information content (AvgIpc) is 2.87. The smallest absolute Gasteiger partial charge is 0.434 e. The molecule has 1 N–H and O–H groups in total. The Morgan fingerprint density at radius 2 is 2.07 bits per heavy atom. The first-order valence-electron chi connectivity index (χ1n) is 7.60. The highest BCUT2D eigenvalue weighted by Gasteiger charge is 2.39. The number of halogens is 4. The Morgan fingerprint density at radius 3 is 2.57 bits per heavy atom. The molecule has 0 saturated heterocycles. The van der Waals surface area contributed by atoms with E-state index < -0.39 is 45.4 Å².